The summed E-state index contributed by atoms with van der Waals surface area (Å²) >= 11 is 0. The van der Waals surface area contributed by atoms with Crippen LogP contribution >= 0.6 is 0 Å². The maximum Gasteiger partial charge on any atom is 0.334 e. The van der Waals surface area contributed by atoms with Gasteiger partial charge in [0.1, 0.15) is 0 Å². The minimum atomic E-state index is -0.950. The molecular formula is C7H13NO4. The number of carboxylic acids is 1. The summed E-state index contributed by atoms with van der Waals surface area (Å²) in [7, 11) is 3.25. The molecule has 1 rings (SSSR count). The molecule has 1 aliphatic heterocycles. The molecule has 0 aliphatic carbocycles. The molecule has 0 aromatic heterocycles. The average Bonchev–Trinajstić information content (AvgIpc) is 2.30. The quantitative estimate of drug-likeness (QED) is 0.625. The third kappa shape index (κ3) is 1.43. The normalized spacial score (nSPS) is 37.1. The number of rotatable bonds is 2. The summed E-state index contributed by atoms with van der Waals surface area (Å²) in [5.74, 6) is -0.950. The molecule has 0 spiro atoms. The van der Waals surface area contributed by atoms with Gasteiger partial charge in [0.15, 0.2) is 6.10 Å². The molecule has 5 nitrogen and oxygen atoms in total. The van der Waals surface area contributed by atoms with Crippen LogP contribution in [0.4, 0.5) is 0 Å². The van der Waals surface area contributed by atoms with Crippen LogP contribution in [0.5, 0.6) is 0 Å². The number of nitrogens with zero attached hydrogens (tertiary/aromatic N) is 1. The highest BCUT2D eigenvalue weighted by atomic mass is 16.7. The molecule has 70 valence electrons. The summed E-state index contributed by atoms with van der Waals surface area (Å²) < 4.78 is 10.0. The largest absolute Gasteiger partial charge is 0.479 e. The van der Waals surface area contributed by atoms with Crippen molar-refractivity contribution in [2.24, 2.45) is 0 Å². The first kappa shape index (κ1) is 9.44. The Balaban J connectivity index is 2.66. The Bertz CT molecular complexity index is 184. The van der Waals surface area contributed by atoms with Gasteiger partial charge in [-0.05, 0) is 14.0 Å². The first-order valence-corrected chi connectivity index (χ1v) is 3.71. The molecule has 0 radical (unpaired) electrons. The molecule has 1 aliphatic rings. The summed E-state index contributed by atoms with van der Waals surface area (Å²) in [6.45, 7) is 1.79. The summed E-state index contributed by atoms with van der Waals surface area (Å²) in [5.41, 5.74) is 0. The number of carbonyl (C=O) groups is 1. The molecule has 0 aromatic carbocycles. The average molecular weight is 175 g/mol. The van der Waals surface area contributed by atoms with Crippen molar-refractivity contribution in [2.75, 3.05) is 14.2 Å². The van der Waals surface area contributed by atoms with Crippen molar-refractivity contribution in [3.05, 3.63) is 0 Å². The molecular weight excluding hydrogens is 162 g/mol. The van der Waals surface area contributed by atoms with Crippen LogP contribution < -0.4 is 0 Å². The van der Waals surface area contributed by atoms with Crippen LogP contribution in [0.2, 0.25) is 0 Å². The fourth-order valence-corrected chi connectivity index (χ4v) is 1.23. The van der Waals surface area contributed by atoms with Crippen molar-refractivity contribution >= 4 is 5.97 Å². The van der Waals surface area contributed by atoms with Gasteiger partial charge in [-0.2, -0.15) is 0 Å². The van der Waals surface area contributed by atoms with Crippen LogP contribution in [0.3, 0.4) is 0 Å². The van der Waals surface area contributed by atoms with Gasteiger partial charge in [-0.15, -0.1) is 0 Å². The zero-order chi connectivity index (χ0) is 9.30. The Hall–Kier alpha value is -0.650. The van der Waals surface area contributed by atoms with Gasteiger partial charge >= 0.3 is 5.97 Å². The molecule has 1 fully saturated rings. The number of methoxy groups -OCH3 is 1. The predicted molar refractivity (Wildman–Crippen MR) is 40.5 cm³/mol. The summed E-state index contributed by atoms with van der Waals surface area (Å²) in [6.07, 6.45) is -1.33. The Kier molecular flexibility index (Phi) is 2.66. The van der Waals surface area contributed by atoms with E-state index >= 15 is 0 Å². The molecule has 1 N–H and O–H groups in total. The minimum absolute atomic E-state index is 0.160. The van der Waals surface area contributed by atoms with Gasteiger partial charge in [0.05, 0.1) is 0 Å². The third-order valence-electron chi connectivity index (χ3n) is 2.12. The van der Waals surface area contributed by atoms with Gasteiger partial charge < -0.3 is 14.6 Å². The van der Waals surface area contributed by atoms with E-state index in [1.165, 1.54) is 7.11 Å². The molecule has 0 aromatic rings. The van der Waals surface area contributed by atoms with E-state index in [0.29, 0.717) is 0 Å². The number of hydrogen-bond donors (Lipinski definition) is 1. The Morgan fingerprint density at radius 1 is 1.67 bits per heavy atom. The third-order valence-corrected chi connectivity index (χ3v) is 2.12. The Morgan fingerprint density at radius 3 is 2.50 bits per heavy atom. The second-order valence-electron chi connectivity index (χ2n) is 2.84. The highest BCUT2D eigenvalue weighted by Crippen LogP contribution is 2.21. The fraction of sp³-hybridized carbons (Fsp3) is 0.857. The SMILES string of the molecule is COC1OC(C(=O)O)C(C)N1C. The topological polar surface area (TPSA) is 59.0 Å². The molecule has 5 heteroatoms. The summed E-state index contributed by atoms with van der Waals surface area (Å²) in [5, 5.41) is 8.71. The van der Waals surface area contributed by atoms with Crippen LogP contribution in [0.1, 0.15) is 6.92 Å². The number of ether oxygens (including phenoxy) is 2. The van der Waals surface area contributed by atoms with E-state index in [4.69, 9.17) is 14.6 Å². The highest BCUT2D eigenvalue weighted by Gasteiger charge is 2.41. The first-order chi connectivity index (χ1) is 5.57. The summed E-state index contributed by atoms with van der Waals surface area (Å²) in [4.78, 5) is 12.3. The van der Waals surface area contributed by atoms with E-state index in [-0.39, 0.29) is 6.04 Å². The predicted octanol–water partition coefficient (Wildman–Crippen LogP) is -0.280. The molecule has 1 heterocycles. The zero-order valence-corrected chi connectivity index (χ0v) is 7.35. The summed E-state index contributed by atoms with van der Waals surface area (Å²) in [6, 6.07) is -0.160. The maximum absolute atomic E-state index is 10.6. The molecule has 0 saturated carbocycles. The van der Waals surface area contributed by atoms with E-state index in [1.807, 2.05) is 0 Å². The van der Waals surface area contributed by atoms with E-state index in [2.05, 4.69) is 0 Å². The van der Waals surface area contributed by atoms with E-state index in [1.54, 1.807) is 18.9 Å². The molecule has 0 amide bonds. The fourth-order valence-electron chi connectivity index (χ4n) is 1.23. The van der Waals surface area contributed by atoms with Crippen LogP contribution in [0.15, 0.2) is 0 Å². The second-order valence-corrected chi connectivity index (χ2v) is 2.84. The molecule has 1 saturated heterocycles. The second kappa shape index (κ2) is 3.38. The van der Waals surface area contributed by atoms with E-state index < -0.39 is 18.5 Å². The van der Waals surface area contributed by atoms with Gasteiger partial charge in [-0.25, -0.2) is 4.79 Å². The first-order valence-electron chi connectivity index (χ1n) is 3.71. The molecule has 3 unspecified atom stereocenters. The lowest BCUT2D eigenvalue weighted by molar-refractivity contribution is -0.180. The van der Waals surface area contributed by atoms with Gasteiger partial charge in [0.2, 0.25) is 6.41 Å². The van der Waals surface area contributed by atoms with Gasteiger partial charge in [0.25, 0.3) is 0 Å². The smallest absolute Gasteiger partial charge is 0.334 e. The van der Waals surface area contributed by atoms with Gasteiger partial charge in [-0.3, -0.25) is 4.90 Å². The van der Waals surface area contributed by atoms with E-state index in [9.17, 15) is 4.79 Å². The minimum Gasteiger partial charge on any atom is -0.479 e. The lowest BCUT2D eigenvalue weighted by Crippen LogP contribution is -2.36. The lowest BCUT2D eigenvalue weighted by atomic mass is 10.2. The number of carboxylic acid groups (broad SMARTS) is 1. The molecule has 3 atom stereocenters. The molecule has 0 bridgehead atoms. The van der Waals surface area contributed by atoms with Crippen molar-refractivity contribution in [1.82, 2.24) is 4.90 Å². The zero-order valence-electron chi connectivity index (χ0n) is 7.35. The van der Waals surface area contributed by atoms with E-state index in [0.717, 1.165) is 0 Å². The maximum atomic E-state index is 10.6. The van der Waals surface area contributed by atoms with Crippen molar-refractivity contribution < 1.29 is 19.4 Å². The lowest BCUT2D eigenvalue weighted by Gasteiger charge is -2.18. The molecule has 12 heavy (non-hydrogen) atoms. The number of likely N-dealkylation sites (N-methyl/N-ethyl adjacent to an activating group) is 1. The monoisotopic (exact) mass is 175 g/mol. The van der Waals surface area contributed by atoms with Crippen molar-refractivity contribution in [1.29, 1.82) is 0 Å². The number of hydrogen-bond acceptors (Lipinski definition) is 4. The standard InChI is InChI=1S/C7H13NO4/c1-4-5(6(9)10)12-7(11-3)8(4)2/h4-5,7H,1-3H3,(H,9,10). The highest BCUT2D eigenvalue weighted by molar-refractivity contribution is 5.73. The van der Waals surface area contributed by atoms with Gasteiger partial charge in [-0.1, -0.05) is 0 Å². The van der Waals surface area contributed by atoms with Crippen molar-refractivity contribution in [3.63, 3.8) is 0 Å². The van der Waals surface area contributed by atoms with Crippen molar-refractivity contribution in [3.8, 4) is 0 Å². The Morgan fingerprint density at radius 2 is 2.25 bits per heavy atom. The van der Waals surface area contributed by atoms with Gasteiger partial charge in [0, 0.05) is 13.2 Å². The Labute approximate surface area is 70.9 Å². The van der Waals surface area contributed by atoms with Crippen LogP contribution in [-0.4, -0.2) is 48.7 Å². The van der Waals surface area contributed by atoms with Crippen LogP contribution in [0, 0.1) is 0 Å². The van der Waals surface area contributed by atoms with Crippen LogP contribution in [-0.2, 0) is 14.3 Å². The van der Waals surface area contributed by atoms with Crippen molar-refractivity contribution in [2.45, 2.75) is 25.5 Å². The van der Waals surface area contributed by atoms with Crippen LogP contribution in [0.25, 0.3) is 0 Å². The number of aliphatic carboxylic acids is 1.